The van der Waals surface area contributed by atoms with Gasteiger partial charge in [0.05, 0.1) is 0 Å². The van der Waals surface area contributed by atoms with Gasteiger partial charge in [0.2, 0.25) is 0 Å². The third kappa shape index (κ3) is 1.56. The van der Waals surface area contributed by atoms with Crippen LogP contribution in [0, 0.1) is 4.91 Å². The van der Waals surface area contributed by atoms with Crippen LogP contribution in [-0.4, -0.2) is 0 Å². The molecule has 2 heteroatoms. The molecule has 2 nitrogen and oxygen atoms in total. The highest BCUT2D eigenvalue weighted by Crippen LogP contribution is 2.24. The Labute approximate surface area is 76.6 Å². The molecule has 0 N–H and O–H groups in total. The van der Waals surface area contributed by atoms with Crippen molar-refractivity contribution in [2.24, 2.45) is 5.18 Å². The van der Waals surface area contributed by atoms with Crippen molar-refractivity contribution in [3.8, 4) is 0 Å². The summed E-state index contributed by atoms with van der Waals surface area (Å²) in [5.74, 6) is 0. The van der Waals surface area contributed by atoms with Gasteiger partial charge in [-0.05, 0) is 34.9 Å². The van der Waals surface area contributed by atoms with Gasteiger partial charge in [0.25, 0.3) is 0 Å². The van der Waals surface area contributed by atoms with Crippen molar-refractivity contribution in [1.82, 2.24) is 0 Å². The zero-order valence-corrected chi connectivity index (χ0v) is 7.10. The van der Waals surface area contributed by atoms with Gasteiger partial charge in [-0.25, -0.2) is 0 Å². The van der Waals surface area contributed by atoms with Crippen LogP contribution in [0.25, 0.3) is 5.57 Å². The lowest BCUT2D eigenvalue weighted by Gasteiger charge is -2.00. The van der Waals surface area contributed by atoms with Crippen molar-refractivity contribution in [3.63, 3.8) is 0 Å². The van der Waals surface area contributed by atoms with E-state index in [1.165, 1.54) is 5.57 Å². The van der Waals surface area contributed by atoms with Crippen LogP contribution in [0.4, 0.5) is 5.69 Å². The molecule has 1 aromatic carbocycles. The summed E-state index contributed by atoms with van der Waals surface area (Å²) < 4.78 is 0. The monoisotopic (exact) mass is 171 g/mol. The Morgan fingerprint density at radius 1 is 1.15 bits per heavy atom. The van der Waals surface area contributed by atoms with Gasteiger partial charge in [0.1, 0.15) is 5.69 Å². The second kappa shape index (κ2) is 3.35. The van der Waals surface area contributed by atoms with Gasteiger partial charge in [0.15, 0.2) is 0 Å². The van der Waals surface area contributed by atoms with Crippen LogP contribution < -0.4 is 0 Å². The summed E-state index contributed by atoms with van der Waals surface area (Å²) in [6.07, 6.45) is 7.22. The molecule has 0 spiro atoms. The minimum Gasteiger partial charge on any atom is -0.145 e. The van der Waals surface area contributed by atoms with E-state index in [9.17, 15) is 4.91 Å². The maximum absolute atomic E-state index is 10.2. The fraction of sp³-hybridized carbons (Fsp3) is 0.0909. The molecular formula is C11H9NO. The molecule has 13 heavy (non-hydrogen) atoms. The van der Waals surface area contributed by atoms with Gasteiger partial charge in [0, 0.05) is 0 Å². The van der Waals surface area contributed by atoms with Gasteiger partial charge >= 0.3 is 0 Å². The SMILES string of the molecule is O=Nc1ccc(C2=CC=CC2)cc1. The number of benzene rings is 1. The lowest BCUT2D eigenvalue weighted by molar-refractivity contribution is 1.41. The van der Waals surface area contributed by atoms with E-state index in [0.717, 1.165) is 12.0 Å². The van der Waals surface area contributed by atoms with Crippen LogP contribution in [-0.2, 0) is 0 Å². The summed E-state index contributed by atoms with van der Waals surface area (Å²) in [5, 5.41) is 2.85. The molecule has 0 saturated heterocycles. The zero-order valence-electron chi connectivity index (χ0n) is 7.10. The number of nitrogens with zero attached hydrogens (tertiary/aromatic N) is 1. The molecule has 0 radical (unpaired) electrons. The third-order valence-electron chi connectivity index (χ3n) is 2.11. The second-order valence-corrected chi connectivity index (χ2v) is 2.96. The predicted octanol–water partition coefficient (Wildman–Crippen LogP) is 3.43. The largest absolute Gasteiger partial charge is 0.145 e. The van der Waals surface area contributed by atoms with Crippen molar-refractivity contribution < 1.29 is 0 Å². The minimum atomic E-state index is 0.482. The minimum absolute atomic E-state index is 0.482. The molecule has 1 aromatic rings. The fourth-order valence-corrected chi connectivity index (χ4v) is 1.40. The number of rotatable bonds is 2. The van der Waals surface area contributed by atoms with Crippen LogP contribution in [0.15, 0.2) is 47.7 Å². The fourth-order valence-electron chi connectivity index (χ4n) is 1.40. The summed E-state index contributed by atoms with van der Waals surface area (Å²) in [4.78, 5) is 10.2. The number of nitroso groups, excluding NO2 is 1. The van der Waals surface area contributed by atoms with Crippen LogP contribution >= 0.6 is 0 Å². The van der Waals surface area contributed by atoms with Crippen molar-refractivity contribution in [3.05, 3.63) is 53.0 Å². The van der Waals surface area contributed by atoms with Gasteiger partial charge in [-0.3, -0.25) is 0 Å². The highest BCUT2D eigenvalue weighted by atomic mass is 16.3. The number of hydrogen-bond acceptors (Lipinski definition) is 2. The molecule has 0 amide bonds. The Kier molecular flexibility index (Phi) is 2.04. The Balaban J connectivity index is 2.28. The maximum Gasteiger partial charge on any atom is 0.108 e. The lowest BCUT2D eigenvalue weighted by Crippen LogP contribution is -1.78. The molecule has 0 saturated carbocycles. The van der Waals surface area contributed by atoms with Crippen LogP contribution in [0.2, 0.25) is 0 Å². The Hall–Kier alpha value is -1.70. The van der Waals surface area contributed by atoms with E-state index in [1.807, 2.05) is 18.2 Å². The van der Waals surface area contributed by atoms with E-state index in [0.29, 0.717) is 5.69 Å². The molecule has 0 heterocycles. The molecule has 2 rings (SSSR count). The lowest BCUT2D eigenvalue weighted by atomic mass is 10.1. The van der Waals surface area contributed by atoms with E-state index < -0.39 is 0 Å². The summed E-state index contributed by atoms with van der Waals surface area (Å²) in [5.41, 5.74) is 2.94. The van der Waals surface area contributed by atoms with Crippen LogP contribution in [0.5, 0.6) is 0 Å². The second-order valence-electron chi connectivity index (χ2n) is 2.96. The Morgan fingerprint density at radius 2 is 1.92 bits per heavy atom. The average molecular weight is 171 g/mol. The zero-order chi connectivity index (χ0) is 9.10. The first kappa shape index (κ1) is 7.92. The predicted molar refractivity (Wildman–Crippen MR) is 53.6 cm³/mol. The van der Waals surface area contributed by atoms with Crippen LogP contribution in [0.3, 0.4) is 0 Å². The quantitative estimate of drug-likeness (QED) is 0.627. The first-order valence-corrected chi connectivity index (χ1v) is 4.19. The van der Waals surface area contributed by atoms with Crippen LogP contribution in [0.1, 0.15) is 12.0 Å². The number of hydrogen-bond donors (Lipinski definition) is 0. The molecule has 0 bridgehead atoms. The van der Waals surface area contributed by atoms with E-state index >= 15 is 0 Å². The standard InChI is InChI=1S/C11H9NO/c13-12-11-7-5-10(6-8-11)9-3-1-2-4-9/h1-3,5-8H,4H2. The van der Waals surface area contributed by atoms with Gasteiger partial charge in [-0.2, -0.15) is 0 Å². The van der Waals surface area contributed by atoms with Gasteiger partial charge in [-0.15, -0.1) is 4.91 Å². The summed E-state index contributed by atoms with van der Waals surface area (Å²) >= 11 is 0. The smallest absolute Gasteiger partial charge is 0.108 e. The Morgan fingerprint density at radius 3 is 2.46 bits per heavy atom. The molecule has 0 atom stereocenters. The molecule has 0 unspecified atom stereocenters. The topological polar surface area (TPSA) is 29.4 Å². The Bertz CT molecular complexity index is 374. The molecule has 1 aliphatic rings. The molecule has 0 aromatic heterocycles. The average Bonchev–Trinajstić information content (AvgIpc) is 2.71. The maximum atomic E-state index is 10.2. The highest BCUT2D eigenvalue weighted by molar-refractivity contribution is 5.71. The molecule has 0 aliphatic heterocycles. The van der Waals surface area contributed by atoms with Crippen molar-refractivity contribution in [1.29, 1.82) is 0 Å². The van der Waals surface area contributed by atoms with Crippen molar-refractivity contribution in [2.45, 2.75) is 6.42 Å². The van der Waals surface area contributed by atoms with Gasteiger partial charge in [-0.1, -0.05) is 30.4 Å². The summed E-state index contributed by atoms with van der Waals surface area (Å²) in [6, 6.07) is 7.33. The van der Waals surface area contributed by atoms with Crippen molar-refractivity contribution in [2.75, 3.05) is 0 Å². The highest BCUT2D eigenvalue weighted by Gasteiger charge is 2.02. The van der Waals surface area contributed by atoms with E-state index in [-0.39, 0.29) is 0 Å². The van der Waals surface area contributed by atoms with Crippen molar-refractivity contribution >= 4 is 11.3 Å². The van der Waals surface area contributed by atoms with E-state index in [1.54, 1.807) is 12.1 Å². The molecule has 64 valence electrons. The third-order valence-corrected chi connectivity index (χ3v) is 2.11. The summed E-state index contributed by atoms with van der Waals surface area (Å²) in [7, 11) is 0. The van der Waals surface area contributed by atoms with E-state index in [4.69, 9.17) is 0 Å². The number of allylic oxidation sites excluding steroid dienone is 4. The summed E-state index contributed by atoms with van der Waals surface area (Å²) in [6.45, 7) is 0. The first-order chi connectivity index (χ1) is 6.40. The van der Waals surface area contributed by atoms with Gasteiger partial charge < -0.3 is 0 Å². The first-order valence-electron chi connectivity index (χ1n) is 4.19. The molecular weight excluding hydrogens is 162 g/mol. The normalized spacial score (nSPS) is 14.3. The molecule has 0 fully saturated rings. The molecule has 1 aliphatic carbocycles. The van der Waals surface area contributed by atoms with E-state index in [2.05, 4.69) is 17.3 Å².